The van der Waals surface area contributed by atoms with Gasteiger partial charge in [-0.25, -0.2) is 4.98 Å². The van der Waals surface area contributed by atoms with Gasteiger partial charge in [-0.2, -0.15) is 0 Å². The Balaban J connectivity index is 1.44. The molecule has 3 aromatic rings. The standard InChI is InChI=1S/C27H28N4O2/c1-17(28)22-11-6-12-24(29-22)27(33)31-16-20-9-3-2-8-19(20)15-25(31)26(32)30-23-14-13-18-7-4-5-10-21(18)23/h2-12,17,23,25H,13-16,28H2,1H3,(H,30,32). The van der Waals surface area contributed by atoms with Crippen molar-refractivity contribution in [2.24, 2.45) is 5.73 Å². The number of carbonyl (C=O) groups excluding carboxylic acids is 2. The first-order valence-electron chi connectivity index (χ1n) is 11.5. The summed E-state index contributed by atoms with van der Waals surface area (Å²) in [6, 6.07) is 20.6. The van der Waals surface area contributed by atoms with Gasteiger partial charge in [0.25, 0.3) is 5.91 Å². The number of aromatic nitrogens is 1. The Morgan fingerprint density at radius 2 is 1.73 bits per heavy atom. The van der Waals surface area contributed by atoms with Gasteiger partial charge in [0.2, 0.25) is 5.91 Å². The average molecular weight is 441 g/mol. The number of carbonyl (C=O) groups is 2. The summed E-state index contributed by atoms with van der Waals surface area (Å²) in [6.45, 7) is 2.21. The van der Waals surface area contributed by atoms with Crippen LogP contribution in [0.2, 0.25) is 0 Å². The molecule has 6 nitrogen and oxygen atoms in total. The highest BCUT2D eigenvalue weighted by Gasteiger charge is 2.37. The van der Waals surface area contributed by atoms with E-state index in [4.69, 9.17) is 5.73 Å². The second-order valence-corrected chi connectivity index (χ2v) is 8.96. The monoisotopic (exact) mass is 440 g/mol. The lowest BCUT2D eigenvalue weighted by Gasteiger charge is -2.36. The molecular weight excluding hydrogens is 412 g/mol. The first kappa shape index (κ1) is 21.3. The summed E-state index contributed by atoms with van der Waals surface area (Å²) in [4.78, 5) is 33.3. The molecule has 2 aromatic carbocycles. The highest BCUT2D eigenvalue weighted by Crippen LogP contribution is 2.32. The molecule has 0 saturated carbocycles. The predicted molar refractivity (Wildman–Crippen MR) is 126 cm³/mol. The van der Waals surface area contributed by atoms with Gasteiger partial charge in [-0.1, -0.05) is 54.6 Å². The second-order valence-electron chi connectivity index (χ2n) is 8.96. The van der Waals surface area contributed by atoms with Crippen molar-refractivity contribution in [1.29, 1.82) is 0 Å². The van der Waals surface area contributed by atoms with Crippen LogP contribution in [0.4, 0.5) is 0 Å². The van der Waals surface area contributed by atoms with E-state index in [0.717, 1.165) is 24.0 Å². The molecular formula is C27H28N4O2. The van der Waals surface area contributed by atoms with Crippen LogP contribution in [0.15, 0.2) is 66.7 Å². The van der Waals surface area contributed by atoms with Crippen LogP contribution in [0, 0.1) is 0 Å². The number of amides is 2. The van der Waals surface area contributed by atoms with Crippen molar-refractivity contribution < 1.29 is 9.59 Å². The number of benzene rings is 2. The van der Waals surface area contributed by atoms with Crippen molar-refractivity contribution >= 4 is 11.8 Å². The molecule has 2 aliphatic rings. The van der Waals surface area contributed by atoms with E-state index in [1.165, 1.54) is 11.1 Å². The third kappa shape index (κ3) is 4.14. The van der Waals surface area contributed by atoms with Crippen molar-refractivity contribution in [2.75, 3.05) is 0 Å². The molecule has 0 radical (unpaired) electrons. The largest absolute Gasteiger partial charge is 0.347 e. The Labute approximate surface area is 193 Å². The zero-order chi connectivity index (χ0) is 22.9. The molecule has 1 aliphatic heterocycles. The second kappa shape index (κ2) is 8.79. The average Bonchev–Trinajstić information content (AvgIpc) is 3.25. The Kier molecular flexibility index (Phi) is 5.68. The molecule has 0 fully saturated rings. The summed E-state index contributed by atoms with van der Waals surface area (Å²) < 4.78 is 0. The zero-order valence-corrected chi connectivity index (χ0v) is 18.7. The van der Waals surface area contributed by atoms with Crippen molar-refractivity contribution in [1.82, 2.24) is 15.2 Å². The third-order valence-electron chi connectivity index (χ3n) is 6.72. The molecule has 168 valence electrons. The zero-order valence-electron chi connectivity index (χ0n) is 18.7. The molecule has 0 bridgehead atoms. The molecule has 1 aliphatic carbocycles. The lowest BCUT2D eigenvalue weighted by atomic mass is 9.92. The number of pyridine rings is 1. The van der Waals surface area contributed by atoms with Gasteiger partial charge < -0.3 is 16.0 Å². The highest BCUT2D eigenvalue weighted by atomic mass is 16.2. The number of hydrogen-bond donors (Lipinski definition) is 2. The summed E-state index contributed by atoms with van der Waals surface area (Å²) in [5.41, 5.74) is 11.6. The lowest BCUT2D eigenvalue weighted by molar-refractivity contribution is -0.126. The maximum atomic E-state index is 13.6. The number of nitrogens with zero attached hydrogens (tertiary/aromatic N) is 2. The molecule has 1 aromatic heterocycles. The molecule has 0 saturated heterocycles. The van der Waals surface area contributed by atoms with Gasteiger partial charge >= 0.3 is 0 Å². The van der Waals surface area contributed by atoms with Gasteiger partial charge in [-0.3, -0.25) is 9.59 Å². The molecule has 2 heterocycles. The fraction of sp³-hybridized carbons (Fsp3) is 0.296. The summed E-state index contributed by atoms with van der Waals surface area (Å²) in [6.07, 6.45) is 2.31. The van der Waals surface area contributed by atoms with Gasteiger partial charge in [0.15, 0.2) is 0 Å². The fourth-order valence-corrected chi connectivity index (χ4v) is 4.92. The van der Waals surface area contributed by atoms with E-state index in [1.807, 2.05) is 49.4 Å². The van der Waals surface area contributed by atoms with Crippen LogP contribution in [-0.4, -0.2) is 27.7 Å². The lowest BCUT2D eigenvalue weighted by Crippen LogP contribution is -2.53. The minimum absolute atomic E-state index is 0.0256. The minimum atomic E-state index is -0.596. The number of nitrogens with one attached hydrogen (secondary N) is 1. The van der Waals surface area contributed by atoms with Crippen LogP contribution in [0.25, 0.3) is 0 Å². The van der Waals surface area contributed by atoms with Crippen LogP contribution < -0.4 is 11.1 Å². The van der Waals surface area contributed by atoms with Gasteiger partial charge in [-0.15, -0.1) is 0 Å². The van der Waals surface area contributed by atoms with Crippen LogP contribution >= 0.6 is 0 Å². The molecule has 3 N–H and O–H groups in total. The molecule has 3 unspecified atom stereocenters. The van der Waals surface area contributed by atoms with E-state index in [-0.39, 0.29) is 23.9 Å². The van der Waals surface area contributed by atoms with Crippen LogP contribution in [0.1, 0.15) is 63.9 Å². The van der Waals surface area contributed by atoms with Gasteiger partial charge in [-0.05, 0) is 54.2 Å². The van der Waals surface area contributed by atoms with Crippen LogP contribution in [-0.2, 0) is 24.2 Å². The molecule has 0 spiro atoms. The highest BCUT2D eigenvalue weighted by molar-refractivity contribution is 5.96. The quantitative estimate of drug-likeness (QED) is 0.650. The van der Waals surface area contributed by atoms with Gasteiger partial charge in [0, 0.05) is 19.0 Å². The maximum Gasteiger partial charge on any atom is 0.273 e. The Bertz CT molecular complexity index is 1210. The number of hydrogen-bond acceptors (Lipinski definition) is 4. The number of nitrogens with two attached hydrogens (primary N) is 1. The van der Waals surface area contributed by atoms with E-state index >= 15 is 0 Å². The number of rotatable bonds is 4. The topological polar surface area (TPSA) is 88.3 Å². The SMILES string of the molecule is CC(N)c1cccc(C(=O)N2Cc3ccccc3CC2C(=O)NC2CCc3ccccc32)n1. The van der Waals surface area contributed by atoms with Crippen molar-refractivity contribution in [3.8, 4) is 0 Å². The minimum Gasteiger partial charge on any atom is -0.347 e. The normalized spacial score (nSPS) is 20.0. The van der Waals surface area contributed by atoms with E-state index < -0.39 is 6.04 Å². The smallest absolute Gasteiger partial charge is 0.273 e. The van der Waals surface area contributed by atoms with Crippen molar-refractivity contribution in [3.63, 3.8) is 0 Å². The van der Waals surface area contributed by atoms with E-state index in [1.54, 1.807) is 17.0 Å². The van der Waals surface area contributed by atoms with Gasteiger partial charge in [0.05, 0.1) is 11.7 Å². The van der Waals surface area contributed by atoms with Crippen LogP contribution in [0.3, 0.4) is 0 Å². The molecule has 5 rings (SSSR count). The van der Waals surface area contributed by atoms with E-state index in [2.05, 4.69) is 22.4 Å². The first-order valence-corrected chi connectivity index (χ1v) is 11.5. The molecule has 3 atom stereocenters. The fourth-order valence-electron chi connectivity index (χ4n) is 4.92. The van der Waals surface area contributed by atoms with Crippen molar-refractivity contribution in [3.05, 3.63) is 100 Å². The molecule has 33 heavy (non-hydrogen) atoms. The predicted octanol–water partition coefficient (Wildman–Crippen LogP) is 3.47. The summed E-state index contributed by atoms with van der Waals surface area (Å²) in [5.74, 6) is -0.373. The van der Waals surface area contributed by atoms with Gasteiger partial charge in [0.1, 0.15) is 11.7 Å². The number of fused-ring (bicyclic) bond motifs is 2. The Morgan fingerprint density at radius 3 is 2.52 bits per heavy atom. The Morgan fingerprint density at radius 1 is 1.00 bits per heavy atom. The van der Waals surface area contributed by atoms with E-state index in [9.17, 15) is 9.59 Å². The summed E-state index contributed by atoms with van der Waals surface area (Å²) in [5, 5.41) is 3.23. The number of aryl methyl sites for hydroxylation is 1. The van der Waals surface area contributed by atoms with E-state index in [0.29, 0.717) is 24.4 Å². The Hall–Kier alpha value is -3.51. The summed E-state index contributed by atoms with van der Waals surface area (Å²) >= 11 is 0. The third-order valence-corrected chi connectivity index (χ3v) is 6.72. The van der Waals surface area contributed by atoms with Crippen LogP contribution in [0.5, 0.6) is 0 Å². The molecule has 2 amide bonds. The first-order chi connectivity index (χ1) is 16.0. The summed E-state index contributed by atoms with van der Waals surface area (Å²) in [7, 11) is 0. The van der Waals surface area contributed by atoms with Crippen molar-refractivity contribution in [2.45, 2.75) is 50.9 Å². The maximum absolute atomic E-state index is 13.6. The molecule has 6 heteroatoms.